The summed E-state index contributed by atoms with van der Waals surface area (Å²) in [5.41, 5.74) is 8.07. The third kappa shape index (κ3) is 5.38. The maximum absolute atomic E-state index is 12.1. The highest BCUT2D eigenvalue weighted by atomic mass is 16.2. The van der Waals surface area contributed by atoms with Crippen LogP contribution in [0, 0.1) is 0 Å². The van der Waals surface area contributed by atoms with Crippen molar-refractivity contribution in [3.05, 3.63) is 89.8 Å². The molecule has 0 radical (unpaired) electrons. The van der Waals surface area contributed by atoms with Crippen LogP contribution in [0.25, 0.3) is 0 Å². The van der Waals surface area contributed by atoms with Crippen LogP contribution in [0.3, 0.4) is 0 Å². The van der Waals surface area contributed by atoms with Crippen molar-refractivity contribution in [1.29, 1.82) is 0 Å². The van der Waals surface area contributed by atoms with E-state index in [1.165, 1.54) is 24.8 Å². The first-order valence-corrected chi connectivity index (χ1v) is 9.01. The van der Waals surface area contributed by atoms with Crippen molar-refractivity contribution in [1.82, 2.24) is 25.8 Å². The monoisotopic (exact) mass is 401 g/mol. The predicted octanol–water partition coefficient (Wildman–Crippen LogP) is 2.18. The normalized spacial score (nSPS) is 11.7. The number of rotatable bonds is 6. The fourth-order valence-corrected chi connectivity index (χ4v) is 2.36. The maximum atomic E-state index is 12.1. The summed E-state index contributed by atoms with van der Waals surface area (Å²) in [7, 11) is 0. The summed E-state index contributed by atoms with van der Waals surface area (Å²) in [5.74, 6) is -0.686. The molecule has 2 N–H and O–H groups in total. The quantitative estimate of drug-likeness (QED) is 0.484. The van der Waals surface area contributed by atoms with E-state index in [0.29, 0.717) is 33.9 Å². The number of hydrogen-bond donors (Lipinski definition) is 2. The van der Waals surface area contributed by atoms with Gasteiger partial charge in [-0.3, -0.25) is 19.6 Å². The van der Waals surface area contributed by atoms with Gasteiger partial charge in [-0.15, -0.1) is 0 Å². The minimum atomic E-state index is -0.343. The van der Waals surface area contributed by atoms with Gasteiger partial charge < -0.3 is 0 Å². The molecule has 3 heterocycles. The largest absolute Gasteiger partial charge is 0.271 e. The number of amides is 2. The Bertz CT molecular complexity index is 1010. The van der Waals surface area contributed by atoms with Gasteiger partial charge in [0.05, 0.1) is 22.8 Å². The molecule has 0 saturated carbocycles. The van der Waals surface area contributed by atoms with Crippen LogP contribution in [-0.4, -0.2) is 38.2 Å². The molecule has 150 valence electrons. The fraction of sp³-hybridized carbons (Fsp3) is 0.0952. The second kappa shape index (κ2) is 9.78. The van der Waals surface area contributed by atoms with Gasteiger partial charge >= 0.3 is 0 Å². The summed E-state index contributed by atoms with van der Waals surface area (Å²) in [6.45, 7) is 3.47. The number of aromatic nitrogens is 3. The second-order valence-electron chi connectivity index (χ2n) is 6.16. The standard InChI is InChI=1S/C21H19N7O2/c1-14(25-27-20(29)16-6-10-22-11-7-16)18-4-3-5-19(24-18)15(2)26-28-21(30)17-8-12-23-13-9-17/h3-13H,1-2H3,(H,27,29)(H,28,30)/b25-14+,26-15+. The molecule has 0 saturated heterocycles. The van der Waals surface area contributed by atoms with Gasteiger partial charge in [0.1, 0.15) is 0 Å². The van der Waals surface area contributed by atoms with E-state index >= 15 is 0 Å². The molecular weight excluding hydrogens is 382 g/mol. The first-order valence-electron chi connectivity index (χ1n) is 9.01. The number of carbonyl (C=O) groups excluding carboxylic acids is 2. The Morgan fingerprint density at radius 3 is 1.50 bits per heavy atom. The zero-order valence-corrected chi connectivity index (χ0v) is 16.4. The summed E-state index contributed by atoms with van der Waals surface area (Å²) in [4.78, 5) is 36.4. The molecule has 0 fully saturated rings. The van der Waals surface area contributed by atoms with Crippen molar-refractivity contribution < 1.29 is 9.59 Å². The van der Waals surface area contributed by atoms with Crippen LogP contribution in [0.5, 0.6) is 0 Å². The van der Waals surface area contributed by atoms with Gasteiger partial charge in [0.15, 0.2) is 0 Å². The summed E-state index contributed by atoms with van der Waals surface area (Å²) < 4.78 is 0. The Balaban J connectivity index is 1.68. The average molecular weight is 401 g/mol. The van der Waals surface area contributed by atoms with Crippen LogP contribution in [-0.2, 0) is 0 Å². The number of hydrogen-bond acceptors (Lipinski definition) is 7. The molecule has 0 atom stereocenters. The lowest BCUT2D eigenvalue weighted by Crippen LogP contribution is -2.20. The fourth-order valence-electron chi connectivity index (χ4n) is 2.36. The Kier molecular flexibility index (Phi) is 6.67. The van der Waals surface area contributed by atoms with E-state index in [1.54, 1.807) is 56.3 Å². The third-order valence-electron chi connectivity index (χ3n) is 4.03. The minimum absolute atomic E-state index is 0.343. The molecule has 0 aliphatic rings. The van der Waals surface area contributed by atoms with E-state index in [9.17, 15) is 9.59 Å². The number of carbonyl (C=O) groups is 2. The number of hydrazone groups is 2. The van der Waals surface area contributed by atoms with Crippen LogP contribution < -0.4 is 10.9 Å². The molecule has 3 aromatic heterocycles. The predicted molar refractivity (Wildman–Crippen MR) is 112 cm³/mol. The molecule has 0 aliphatic carbocycles. The second-order valence-corrected chi connectivity index (χ2v) is 6.16. The zero-order chi connectivity index (χ0) is 21.3. The molecule has 9 heteroatoms. The minimum Gasteiger partial charge on any atom is -0.267 e. The number of pyridine rings is 3. The topological polar surface area (TPSA) is 122 Å². The molecule has 0 bridgehead atoms. The SMILES string of the molecule is C/C(=N\NC(=O)c1ccncc1)c1cccc(/C(C)=N/NC(=O)c2ccncc2)n1. The first kappa shape index (κ1) is 20.5. The lowest BCUT2D eigenvalue weighted by Gasteiger charge is -2.06. The number of nitrogens with zero attached hydrogens (tertiary/aromatic N) is 5. The Morgan fingerprint density at radius 1 is 0.700 bits per heavy atom. The van der Waals surface area contributed by atoms with Gasteiger partial charge in [0, 0.05) is 35.9 Å². The maximum Gasteiger partial charge on any atom is 0.271 e. The van der Waals surface area contributed by atoms with Crippen molar-refractivity contribution in [2.45, 2.75) is 13.8 Å². The van der Waals surface area contributed by atoms with Gasteiger partial charge in [-0.1, -0.05) is 6.07 Å². The summed E-state index contributed by atoms with van der Waals surface area (Å²) in [5, 5.41) is 8.21. The number of nitrogens with one attached hydrogen (secondary N) is 2. The van der Waals surface area contributed by atoms with Gasteiger partial charge in [-0.25, -0.2) is 15.8 Å². The van der Waals surface area contributed by atoms with Gasteiger partial charge in [-0.05, 0) is 50.2 Å². The molecule has 2 amide bonds. The first-order chi connectivity index (χ1) is 14.5. The van der Waals surface area contributed by atoms with Crippen LogP contribution in [0.1, 0.15) is 46.0 Å². The van der Waals surface area contributed by atoms with Gasteiger partial charge in [-0.2, -0.15) is 10.2 Å². The van der Waals surface area contributed by atoms with E-state index < -0.39 is 0 Å². The molecule has 3 rings (SSSR count). The molecule has 0 spiro atoms. The highest BCUT2D eigenvalue weighted by Crippen LogP contribution is 2.04. The van der Waals surface area contributed by atoms with Crippen LogP contribution in [0.4, 0.5) is 0 Å². The highest BCUT2D eigenvalue weighted by Gasteiger charge is 2.08. The Labute approximate surface area is 173 Å². The van der Waals surface area contributed by atoms with E-state index in [-0.39, 0.29) is 11.8 Å². The molecule has 3 aromatic rings. The molecule has 0 aromatic carbocycles. The smallest absolute Gasteiger partial charge is 0.267 e. The van der Waals surface area contributed by atoms with E-state index in [4.69, 9.17) is 0 Å². The van der Waals surface area contributed by atoms with Crippen molar-refractivity contribution in [2.75, 3.05) is 0 Å². The van der Waals surface area contributed by atoms with Crippen molar-refractivity contribution in [3.63, 3.8) is 0 Å². The van der Waals surface area contributed by atoms with E-state index in [0.717, 1.165) is 0 Å². The molecule has 0 aliphatic heterocycles. The average Bonchev–Trinajstić information content (AvgIpc) is 2.81. The van der Waals surface area contributed by atoms with Crippen molar-refractivity contribution in [3.8, 4) is 0 Å². The summed E-state index contributed by atoms with van der Waals surface area (Å²) >= 11 is 0. The molecule has 9 nitrogen and oxygen atoms in total. The molecular formula is C21H19N7O2. The lowest BCUT2D eigenvalue weighted by molar-refractivity contribution is 0.0946. The van der Waals surface area contributed by atoms with Crippen LogP contribution in [0.2, 0.25) is 0 Å². The van der Waals surface area contributed by atoms with E-state index in [1.807, 2.05) is 0 Å². The van der Waals surface area contributed by atoms with E-state index in [2.05, 4.69) is 36.0 Å². The molecule has 0 unspecified atom stereocenters. The van der Waals surface area contributed by atoms with Gasteiger partial charge in [0.2, 0.25) is 0 Å². The molecule has 30 heavy (non-hydrogen) atoms. The summed E-state index contributed by atoms with van der Waals surface area (Å²) in [6.07, 6.45) is 6.14. The lowest BCUT2D eigenvalue weighted by atomic mass is 10.2. The Morgan fingerprint density at radius 2 is 1.10 bits per heavy atom. The van der Waals surface area contributed by atoms with Crippen LogP contribution >= 0.6 is 0 Å². The van der Waals surface area contributed by atoms with Crippen molar-refractivity contribution in [2.24, 2.45) is 10.2 Å². The van der Waals surface area contributed by atoms with Crippen LogP contribution in [0.15, 0.2) is 77.5 Å². The highest BCUT2D eigenvalue weighted by molar-refractivity contribution is 6.02. The van der Waals surface area contributed by atoms with Crippen molar-refractivity contribution >= 4 is 23.2 Å². The Hall–Kier alpha value is -4.27. The summed E-state index contributed by atoms with van der Waals surface area (Å²) in [6, 6.07) is 11.7. The van der Waals surface area contributed by atoms with Gasteiger partial charge in [0.25, 0.3) is 11.8 Å². The third-order valence-corrected chi connectivity index (χ3v) is 4.03. The zero-order valence-electron chi connectivity index (χ0n) is 16.4.